The van der Waals surface area contributed by atoms with Crippen molar-refractivity contribution >= 4 is 15.7 Å². The summed E-state index contributed by atoms with van der Waals surface area (Å²) in [6, 6.07) is 17.8. The van der Waals surface area contributed by atoms with Gasteiger partial charge < -0.3 is 14.6 Å². The lowest BCUT2D eigenvalue weighted by Crippen LogP contribution is -2.68. The summed E-state index contributed by atoms with van der Waals surface area (Å²) in [7, 11) is -3.90. The highest BCUT2D eigenvalue weighted by molar-refractivity contribution is 7.92. The summed E-state index contributed by atoms with van der Waals surface area (Å²) in [6.07, 6.45) is 0. The summed E-state index contributed by atoms with van der Waals surface area (Å²) in [5.41, 5.74) is 2.49. The van der Waals surface area contributed by atoms with Crippen LogP contribution in [0.15, 0.2) is 71.6 Å². The Balaban J connectivity index is 1.36. The minimum atomic E-state index is -3.90. The van der Waals surface area contributed by atoms with Gasteiger partial charge >= 0.3 is 0 Å². The van der Waals surface area contributed by atoms with Crippen LogP contribution >= 0.6 is 0 Å². The monoisotopic (exact) mass is 482 g/mol. The number of sulfonamides is 1. The first-order chi connectivity index (χ1) is 16.5. The van der Waals surface area contributed by atoms with Gasteiger partial charge in [0.1, 0.15) is 5.82 Å². The van der Waals surface area contributed by atoms with Crippen LogP contribution in [0.4, 0.5) is 10.1 Å². The third-order valence-corrected chi connectivity index (χ3v) is 8.78. The summed E-state index contributed by atoms with van der Waals surface area (Å²) in [4.78, 5) is 2.19. The summed E-state index contributed by atoms with van der Waals surface area (Å²) >= 11 is 0. The Kier molecular flexibility index (Phi) is 5.02. The smallest absolute Gasteiger partial charge is 0.264 e. The molecule has 1 saturated heterocycles. The van der Waals surface area contributed by atoms with E-state index in [-0.39, 0.29) is 42.8 Å². The molecule has 0 spiro atoms. The van der Waals surface area contributed by atoms with E-state index in [1.54, 1.807) is 6.07 Å². The Morgan fingerprint density at radius 1 is 1.00 bits per heavy atom. The molecular weight excluding hydrogens is 459 g/mol. The van der Waals surface area contributed by atoms with Crippen LogP contribution in [0, 0.1) is 5.82 Å². The Hall–Kier alpha value is -3.14. The molecule has 6 rings (SSSR count). The van der Waals surface area contributed by atoms with Crippen LogP contribution in [-0.2, 0) is 16.6 Å². The number of likely N-dealkylation sites (tertiary alicyclic amines) is 1. The standard InChI is InChI=1S/C25H23FN2O5S/c26-17-6-8-18(9-7-17)34(30,31)28-13-21-25(19-3-1-2-4-20(19)28)22(14-29)27(21)12-16-5-10-23-24(11-16)33-15-32-23/h1-11,21-22,25,29H,12-15H2/t21-,22+,25+/m1/s1. The van der Waals surface area contributed by atoms with E-state index >= 15 is 0 Å². The lowest BCUT2D eigenvalue weighted by Gasteiger charge is -2.59. The van der Waals surface area contributed by atoms with E-state index in [0.717, 1.165) is 23.3 Å². The third kappa shape index (κ3) is 3.26. The van der Waals surface area contributed by atoms with Gasteiger partial charge in [-0.15, -0.1) is 0 Å². The van der Waals surface area contributed by atoms with Gasteiger partial charge in [-0.3, -0.25) is 9.21 Å². The molecule has 3 aliphatic heterocycles. The summed E-state index contributed by atoms with van der Waals surface area (Å²) in [5.74, 6) is 0.907. The first-order valence-electron chi connectivity index (χ1n) is 11.1. The summed E-state index contributed by atoms with van der Waals surface area (Å²) in [6.45, 7) is 0.933. The number of fused-ring (bicyclic) bond motifs is 4. The molecule has 3 heterocycles. The number of aliphatic hydroxyl groups is 1. The zero-order valence-electron chi connectivity index (χ0n) is 18.2. The highest BCUT2D eigenvalue weighted by Crippen LogP contribution is 2.50. The summed E-state index contributed by atoms with van der Waals surface area (Å²) < 4.78 is 52.9. The molecule has 0 amide bonds. The van der Waals surface area contributed by atoms with Gasteiger partial charge in [0.15, 0.2) is 11.5 Å². The fourth-order valence-corrected chi connectivity index (χ4v) is 6.88. The normalized spacial score (nSPS) is 23.2. The van der Waals surface area contributed by atoms with Crippen molar-refractivity contribution < 1.29 is 27.4 Å². The second kappa shape index (κ2) is 7.97. The molecule has 0 aromatic heterocycles. The maximum atomic E-state index is 13.6. The zero-order valence-corrected chi connectivity index (χ0v) is 19.0. The molecule has 3 atom stereocenters. The van der Waals surface area contributed by atoms with Crippen LogP contribution in [0.25, 0.3) is 0 Å². The molecule has 34 heavy (non-hydrogen) atoms. The number of hydrogen-bond acceptors (Lipinski definition) is 6. The number of anilines is 1. The summed E-state index contributed by atoms with van der Waals surface area (Å²) in [5, 5.41) is 10.2. The lowest BCUT2D eigenvalue weighted by atomic mass is 9.72. The Morgan fingerprint density at radius 3 is 2.56 bits per heavy atom. The zero-order chi connectivity index (χ0) is 23.4. The van der Waals surface area contributed by atoms with Crippen molar-refractivity contribution in [1.29, 1.82) is 0 Å². The number of rotatable bonds is 5. The van der Waals surface area contributed by atoms with Crippen LogP contribution in [-0.4, -0.2) is 50.5 Å². The Morgan fingerprint density at radius 2 is 1.76 bits per heavy atom. The lowest BCUT2D eigenvalue weighted by molar-refractivity contribution is -0.0477. The highest BCUT2D eigenvalue weighted by atomic mass is 32.2. The maximum absolute atomic E-state index is 13.6. The van der Waals surface area contributed by atoms with E-state index in [9.17, 15) is 17.9 Å². The van der Waals surface area contributed by atoms with Gasteiger partial charge in [-0.1, -0.05) is 24.3 Å². The second-order valence-corrected chi connectivity index (χ2v) is 10.6. The van der Waals surface area contributed by atoms with Crippen molar-refractivity contribution in [2.75, 3.05) is 24.2 Å². The molecule has 1 fully saturated rings. The molecule has 0 aliphatic carbocycles. The molecule has 3 aliphatic rings. The first-order valence-corrected chi connectivity index (χ1v) is 12.5. The van der Waals surface area contributed by atoms with Gasteiger partial charge in [-0.25, -0.2) is 12.8 Å². The average Bonchev–Trinajstić information content (AvgIpc) is 3.30. The van der Waals surface area contributed by atoms with E-state index in [1.807, 2.05) is 36.4 Å². The first kappa shape index (κ1) is 21.4. The second-order valence-electron chi connectivity index (χ2n) is 8.75. The van der Waals surface area contributed by atoms with Gasteiger partial charge in [-0.05, 0) is 53.6 Å². The fourth-order valence-electron chi connectivity index (χ4n) is 5.38. The fraction of sp³-hybridized carbons (Fsp3) is 0.280. The maximum Gasteiger partial charge on any atom is 0.264 e. The average molecular weight is 483 g/mol. The number of nitrogens with zero attached hydrogens (tertiary/aromatic N) is 2. The molecule has 0 radical (unpaired) electrons. The predicted molar refractivity (Wildman–Crippen MR) is 123 cm³/mol. The molecule has 3 aromatic rings. The van der Waals surface area contributed by atoms with Gasteiger partial charge in [0, 0.05) is 24.5 Å². The molecular formula is C25H23FN2O5S. The van der Waals surface area contributed by atoms with Crippen molar-refractivity contribution in [2.45, 2.75) is 29.4 Å². The number of benzene rings is 3. The number of ether oxygens (including phenoxy) is 2. The van der Waals surface area contributed by atoms with Crippen LogP contribution in [0.5, 0.6) is 11.5 Å². The van der Waals surface area contributed by atoms with E-state index in [4.69, 9.17) is 9.47 Å². The van der Waals surface area contributed by atoms with Crippen LogP contribution < -0.4 is 13.8 Å². The van der Waals surface area contributed by atoms with Crippen molar-refractivity contribution in [3.8, 4) is 11.5 Å². The van der Waals surface area contributed by atoms with Crippen molar-refractivity contribution in [3.05, 3.63) is 83.7 Å². The van der Waals surface area contributed by atoms with Gasteiger partial charge in [0.2, 0.25) is 6.79 Å². The van der Waals surface area contributed by atoms with Crippen molar-refractivity contribution in [2.24, 2.45) is 0 Å². The number of halogens is 1. The van der Waals surface area contributed by atoms with Gasteiger partial charge in [0.25, 0.3) is 10.0 Å². The molecule has 176 valence electrons. The van der Waals surface area contributed by atoms with E-state index in [2.05, 4.69) is 4.90 Å². The topological polar surface area (TPSA) is 79.3 Å². The van der Waals surface area contributed by atoms with Crippen molar-refractivity contribution in [3.63, 3.8) is 0 Å². The highest BCUT2D eigenvalue weighted by Gasteiger charge is 2.54. The van der Waals surface area contributed by atoms with E-state index in [1.165, 1.54) is 16.4 Å². The molecule has 0 unspecified atom stereocenters. The largest absolute Gasteiger partial charge is 0.454 e. The number of aliphatic hydroxyl groups excluding tert-OH is 1. The molecule has 1 N–H and O–H groups in total. The predicted octanol–water partition coefficient (Wildman–Crippen LogP) is 3.09. The van der Waals surface area contributed by atoms with Crippen LogP contribution in [0.3, 0.4) is 0 Å². The quantitative estimate of drug-likeness (QED) is 0.602. The third-order valence-electron chi connectivity index (χ3n) is 6.99. The van der Waals surface area contributed by atoms with Gasteiger partial charge in [-0.2, -0.15) is 0 Å². The molecule has 0 bridgehead atoms. The minimum absolute atomic E-state index is 0.00915. The molecule has 9 heteroatoms. The van der Waals surface area contributed by atoms with E-state index < -0.39 is 15.8 Å². The van der Waals surface area contributed by atoms with E-state index in [0.29, 0.717) is 23.7 Å². The Labute approximate surface area is 197 Å². The van der Waals surface area contributed by atoms with Crippen LogP contribution in [0.2, 0.25) is 0 Å². The molecule has 3 aromatic carbocycles. The Bertz CT molecular complexity index is 1350. The minimum Gasteiger partial charge on any atom is -0.454 e. The number of para-hydroxylation sites is 1. The molecule has 0 saturated carbocycles. The number of hydrogen-bond donors (Lipinski definition) is 1. The molecule has 7 nitrogen and oxygen atoms in total. The SMILES string of the molecule is O=S(=O)(c1ccc(F)cc1)N1C[C@@H]2[C@H](c3ccccc31)[C@H](CO)N2Cc1ccc2c(c1)OCO2. The van der Waals surface area contributed by atoms with Crippen LogP contribution in [0.1, 0.15) is 17.0 Å². The van der Waals surface area contributed by atoms with Gasteiger partial charge in [0.05, 0.1) is 23.7 Å². The van der Waals surface area contributed by atoms with Crippen molar-refractivity contribution in [1.82, 2.24) is 4.90 Å².